The number of rotatable bonds is 4. The van der Waals surface area contributed by atoms with E-state index in [0.29, 0.717) is 0 Å². The fraction of sp³-hybridized carbons (Fsp3) is 0.733. The zero-order valence-electron chi connectivity index (χ0n) is 13.1. The second kappa shape index (κ2) is 5.54. The Kier molecular flexibility index (Phi) is 4.93. The number of nitrogens with zero attached hydrogens (tertiary/aromatic N) is 1. The summed E-state index contributed by atoms with van der Waals surface area (Å²) in [5.74, 6) is 0. The smallest absolute Gasteiger partial charge is 0.169 e. The van der Waals surface area contributed by atoms with E-state index in [-0.39, 0.29) is 0 Å². The monoisotopic (exact) mass is 329 g/mol. The lowest BCUT2D eigenvalue weighted by Gasteiger charge is -2.45. The van der Waals surface area contributed by atoms with Crippen LogP contribution in [0.5, 0.6) is 0 Å². The predicted molar refractivity (Wildman–Crippen MR) is 88.1 cm³/mol. The van der Waals surface area contributed by atoms with Gasteiger partial charge in [0.1, 0.15) is 0 Å². The molecule has 0 aliphatic heterocycles. The molecule has 1 rings (SSSR count). The van der Waals surface area contributed by atoms with Crippen molar-refractivity contribution in [3.05, 3.63) is 21.9 Å². The number of hydrogen-bond donors (Lipinski definition) is 0. The van der Waals surface area contributed by atoms with E-state index in [1.54, 1.807) is 0 Å². The van der Waals surface area contributed by atoms with Crippen LogP contribution in [0, 0.1) is 13.8 Å². The van der Waals surface area contributed by atoms with Gasteiger partial charge in [-0.1, -0.05) is 41.5 Å². The highest BCUT2D eigenvalue weighted by atomic mass is 79.9. The van der Waals surface area contributed by atoms with E-state index in [9.17, 15) is 0 Å². The SMILES string of the molecule is Cc1c(Br)cn([Si](C(C)C)(C(C)C)C(C)C)c1C. The maximum atomic E-state index is 3.71. The Morgan fingerprint density at radius 2 is 1.33 bits per heavy atom. The molecule has 1 nitrogen and oxygen atoms in total. The van der Waals surface area contributed by atoms with E-state index < -0.39 is 8.24 Å². The molecular formula is C15H28BrNSi. The molecule has 1 heterocycles. The summed E-state index contributed by atoms with van der Waals surface area (Å²) in [6.45, 7) is 19.0. The normalized spacial score (nSPS) is 13.1. The predicted octanol–water partition coefficient (Wildman–Crippen LogP) is 5.89. The molecule has 0 atom stereocenters. The fourth-order valence-electron chi connectivity index (χ4n) is 3.90. The van der Waals surface area contributed by atoms with Gasteiger partial charge in [0.15, 0.2) is 8.24 Å². The van der Waals surface area contributed by atoms with Crippen molar-refractivity contribution < 1.29 is 0 Å². The van der Waals surface area contributed by atoms with E-state index in [1.165, 1.54) is 15.7 Å². The lowest BCUT2D eigenvalue weighted by atomic mass is 10.3. The molecule has 0 radical (unpaired) electrons. The second-order valence-electron chi connectivity index (χ2n) is 6.41. The minimum absolute atomic E-state index is 0.745. The summed E-state index contributed by atoms with van der Waals surface area (Å²) in [6, 6.07) is 0. The van der Waals surface area contributed by atoms with Crippen molar-refractivity contribution in [2.24, 2.45) is 0 Å². The molecule has 0 bridgehead atoms. The molecule has 18 heavy (non-hydrogen) atoms. The lowest BCUT2D eigenvalue weighted by molar-refractivity contribution is 0.757. The molecule has 0 saturated heterocycles. The van der Waals surface area contributed by atoms with Crippen LogP contribution in [0.15, 0.2) is 10.7 Å². The Morgan fingerprint density at radius 1 is 0.944 bits per heavy atom. The maximum Gasteiger partial charge on any atom is 0.169 e. The Hall–Kier alpha value is -0.0231. The number of hydrogen-bond acceptors (Lipinski definition) is 0. The first-order chi connectivity index (χ1) is 8.17. The summed E-state index contributed by atoms with van der Waals surface area (Å²) in [7, 11) is -1.57. The molecule has 0 aliphatic carbocycles. The van der Waals surface area contributed by atoms with Gasteiger partial charge in [-0.25, -0.2) is 0 Å². The van der Waals surface area contributed by atoms with Crippen molar-refractivity contribution >= 4 is 24.2 Å². The molecule has 0 unspecified atom stereocenters. The Bertz CT molecular complexity index is 397. The van der Waals surface area contributed by atoms with Gasteiger partial charge in [0.05, 0.1) is 0 Å². The zero-order chi connectivity index (χ0) is 14.2. The van der Waals surface area contributed by atoms with Crippen LogP contribution < -0.4 is 0 Å². The van der Waals surface area contributed by atoms with Crippen molar-refractivity contribution in [1.29, 1.82) is 0 Å². The summed E-state index contributed by atoms with van der Waals surface area (Å²) in [5.41, 5.74) is 5.08. The third-order valence-electron chi connectivity index (χ3n) is 4.70. The highest BCUT2D eigenvalue weighted by molar-refractivity contribution is 9.10. The molecule has 1 aromatic heterocycles. The Balaban J connectivity index is 3.57. The van der Waals surface area contributed by atoms with Gasteiger partial charge in [0, 0.05) is 16.4 Å². The first-order valence-electron chi connectivity index (χ1n) is 7.01. The van der Waals surface area contributed by atoms with Gasteiger partial charge in [-0.2, -0.15) is 0 Å². The standard InChI is InChI=1S/C15H28BrNSi/c1-10(2)18(11(3)4,12(5)6)17-9-15(16)13(7)14(17)8/h9-12H,1-8H3. The zero-order valence-corrected chi connectivity index (χ0v) is 15.7. The molecule has 0 fully saturated rings. The molecule has 3 heteroatoms. The van der Waals surface area contributed by atoms with Crippen molar-refractivity contribution in [3.63, 3.8) is 0 Å². The first-order valence-corrected chi connectivity index (χ1v) is 9.99. The minimum Gasteiger partial charge on any atom is -0.376 e. The van der Waals surface area contributed by atoms with E-state index in [2.05, 4.69) is 81.7 Å². The van der Waals surface area contributed by atoms with Crippen LogP contribution in [-0.2, 0) is 0 Å². The molecule has 0 N–H and O–H groups in total. The van der Waals surface area contributed by atoms with Gasteiger partial charge in [0.2, 0.25) is 0 Å². The molecule has 104 valence electrons. The highest BCUT2D eigenvalue weighted by Crippen LogP contribution is 2.44. The summed E-state index contributed by atoms with van der Waals surface area (Å²) >= 11 is 3.71. The second-order valence-corrected chi connectivity index (χ2v) is 13.0. The topological polar surface area (TPSA) is 4.93 Å². The van der Waals surface area contributed by atoms with Crippen LogP contribution in [-0.4, -0.2) is 12.5 Å². The number of halogens is 1. The van der Waals surface area contributed by atoms with Crippen LogP contribution >= 0.6 is 15.9 Å². The van der Waals surface area contributed by atoms with Gasteiger partial charge < -0.3 is 4.23 Å². The molecule has 0 aromatic carbocycles. The summed E-state index contributed by atoms with van der Waals surface area (Å²) in [6.07, 6.45) is 2.34. The van der Waals surface area contributed by atoms with Crippen LogP contribution in [0.4, 0.5) is 0 Å². The van der Waals surface area contributed by atoms with Crippen LogP contribution in [0.1, 0.15) is 52.8 Å². The van der Waals surface area contributed by atoms with E-state index >= 15 is 0 Å². The van der Waals surface area contributed by atoms with Crippen LogP contribution in [0.3, 0.4) is 0 Å². The molecule has 0 spiro atoms. The van der Waals surface area contributed by atoms with Crippen LogP contribution in [0.2, 0.25) is 16.6 Å². The Labute approximate surface area is 122 Å². The average molecular weight is 330 g/mol. The Morgan fingerprint density at radius 3 is 1.56 bits per heavy atom. The molecule has 1 aromatic rings. The molecule has 0 aliphatic rings. The van der Waals surface area contributed by atoms with Gasteiger partial charge in [-0.05, 0) is 52.0 Å². The molecular weight excluding hydrogens is 302 g/mol. The van der Waals surface area contributed by atoms with Crippen molar-refractivity contribution in [2.45, 2.75) is 72.0 Å². The third kappa shape index (κ3) is 2.24. The average Bonchev–Trinajstić information content (AvgIpc) is 2.46. The minimum atomic E-state index is -1.57. The lowest BCUT2D eigenvalue weighted by Crippen LogP contribution is -2.52. The fourth-order valence-corrected chi connectivity index (χ4v) is 11.3. The number of aromatic nitrogens is 1. The largest absolute Gasteiger partial charge is 0.376 e. The van der Waals surface area contributed by atoms with E-state index in [0.717, 1.165) is 16.6 Å². The maximum absolute atomic E-state index is 3.71. The summed E-state index contributed by atoms with van der Waals surface area (Å²) in [5, 5.41) is 0. The van der Waals surface area contributed by atoms with Crippen molar-refractivity contribution in [2.75, 3.05) is 0 Å². The van der Waals surface area contributed by atoms with Gasteiger partial charge in [0.25, 0.3) is 0 Å². The molecule has 0 saturated carbocycles. The van der Waals surface area contributed by atoms with Gasteiger partial charge in [-0.3, -0.25) is 0 Å². The summed E-state index contributed by atoms with van der Waals surface area (Å²) < 4.78 is 3.92. The van der Waals surface area contributed by atoms with Crippen LogP contribution in [0.25, 0.3) is 0 Å². The summed E-state index contributed by atoms with van der Waals surface area (Å²) in [4.78, 5) is 0. The molecule has 0 amide bonds. The van der Waals surface area contributed by atoms with Crippen molar-refractivity contribution in [3.8, 4) is 0 Å². The quantitative estimate of drug-likeness (QED) is 0.607. The van der Waals surface area contributed by atoms with E-state index in [1.807, 2.05) is 0 Å². The van der Waals surface area contributed by atoms with E-state index in [4.69, 9.17) is 0 Å². The van der Waals surface area contributed by atoms with Gasteiger partial charge in [-0.15, -0.1) is 0 Å². The van der Waals surface area contributed by atoms with Crippen molar-refractivity contribution in [1.82, 2.24) is 4.23 Å². The first kappa shape index (κ1) is 16.0. The highest BCUT2D eigenvalue weighted by Gasteiger charge is 2.45. The van der Waals surface area contributed by atoms with Gasteiger partial charge >= 0.3 is 0 Å². The third-order valence-corrected chi connectivity index (χ3v) is 12.3.